The molecule has 1 fully saturated rings. The minimum atomic E-state index is -0.637. The number of rotatable bonds is 6. The number of ether oxygens (including phenoxy) is 1. The largest absolute Gasteiger partial charge is 0.463 e. The summed E-state index contributed by atoms with van der Waals surface area (Å²) in [6.07, 6.45) is 0. The molecular formula is C24H26Cl2N4O3. The molecule has 0 unspecified atom stereocenters. The number of hydrogen-bond acceptors (Lipinski definition) is 5. The van der Waals surface area contributed by atoms with Crippen molar-refractivity contribution in [3.05, 3.63) is 75.4 Å². The van der Waals surface area contributed by atoms with Crippen LogP contribution in [0.3, 0.4) is 0 Å². The maximum atomic E-state index is 12.9. The van der Waals surface area contributed by atoms with Crippen LogP contribution in [0.1, 0.15) is 18.5 Å². The lowest BCUT2D eigenvalue weighted by molar-refractivity contribution is -0.139. The van der Waals surface area contributed by atoms with Crippen molar-refractivity contribution in [2.75, 3.05) is 44.2 Å². The molecule has 0 saturated carbocycles. The molecule has 4 rings (SSSR count). The van der Waals surface area contributed by atoms with Crippen molar-refractivity contribution >= 4 is 40.9 Å². The van der Waals surface area contributed by atoms with E-state index >= 15 is 0 Å². The van der Waals surface area contributed by atoms with E-state index in [1.807, 2.05) is 30.3 Å². The minimum Gasteiger partial charge on any atom is -0.463 e. The molecular weight excluding hydrogens is 463 g/mol. The summed E-state index contributed by atoms with van der Waals surface area (Å²) in [5.74, 6) is -0.454. The van der Waals surface area contributed by atoms with Crippen LogP contribution >= 0.6 is 23.2 Å². The summed E-state index contributed by atoms with van der Waals surface area (Å²) >= 11 is 12.2. The minimum absolute atomic E-state index is 0.242. The molecule has 0 aromatic heterocycles. The summed E-state index contributed by atoms with van der Waals surface area (Å²) in [4.78, 5) is 30.0. The standard InChI is InChI=1S/C24H26Cl2N4O3/c1-2-33-23(31)21-20(27-24(32)28-22(21)16-4-3-5-18(26)14-16)15-29-10-12-30(13-11-29)19-8-6-17(25)7-9-19/h3-9,14,22H,2,10-13,15H2,1H3,(H2,27,28,32)/t22-/m1/s1. The Morgan fingerprint density at radius 3 is 2.45 bits per heavy atom. The van der Waals surface area contributed by atoms with E-state index in [-0.39, 0.29) is 12.6 Å². The number of hydrogen-bond donors (Lipinski definition) is 2. The number of nitrogens with one attached hydrogen (secondary N) is 2. The fourth-order valence-corrected chi connectivity index (χ4v) is 4.49. The monoisotopic (exact) mass is 488 g/mol. The van der Waals surface area contributed by atoms with Gasteiger partial charge in [-0.15, -0.1) is 0 Å². The van der Waals surface area contributed by atoms with E-state index in [0.29, 0.717) is 27.9 Å². The Morgan fingerprint density at radius 1 is 1.06 bits per heavy atom. The molecule has 2 heterocycles. The second-order valence-electron chi connectivity index (χ2n) is 7.94. The Morgan fingerprint density at radius 2 is 1.79 bits per heavy atom. The first-order chi connectivity index (χ1) is 15.9. The number of carbonyl (C=O) groups excluding carboxylic acids is 2. The van der Waals surface area contributed by atoms with Gasteiger partial charge in [0.15, 0.2) is 0 Å². The van der Waals surface area contributed by atoms with Gasteiger partial charge in [0, 0.05) is 54.2 Å². The van der Waals surface area contributed by atoms with Gasteiger partial charge in [-0.25, -0.2) is 9.59 Å². The summed E-state index contributed by atoms with van der Waals surface area (Å²) in [5, 5.41) is 6.93. The average Bonchev–Trinajstić information content (AvgIpc) is 2.80. The van der Waals surface area contributed by atoms with Gasteiger partial charge in [0.1, 0.15) is 0 Å². The first kappa shape index (κ1) is 23.4. The van der Waals surface area contributed by atoms with Crippen LogP contribution < -0.4 is 15.5 Å². The van der Waals surface area contributed by atoms with Crippen molar-refractivity contribution in [1.82, 2.24) is 15.5 Å². The molecule has 33 heavy (non-hydrogen) atoms. The molecule has 2 amide bonds. The van der Waals surface area contributed by atoms with Crippen molar-refractivity contribution in [2.45, 2.75) is 13.0 Å². The van der Waals surface area contributed by atoms with E-state index in [1.54, 1.807) is 25.1 Å². The van der Waals surface area contributed by atoms with Gasteiger partial charge >= 0.3 is 12.0 Å². The van der Waals surface area contributed by atoms with E-state index in [2.05, 4.69) is 20.4 Å². The average molecular weight is 489 g/mol. The van der Waals surface area contributed by atoms with E-state index in [0.717, 1.165) is 37.4 Å². The number of amides is 2. The van der Waals surface area contributed by atoms with Crippen LogP contribution in [0, 0.1) is 0 Å². The van der Waals surface area contributed by atoms with Crippen LogP contribution in [-0.4, -0.2) is 56.2 Å². The van der Waals surface area contributed by atoms with Crippen LogP contribution in [0.15, 0.2) is 59.8 Å². The maximum Gasteiger partial charge on any atom is 0.338 e. The van der Waals surface area contributed by atoms with E-state index < -0.39 is 12.0 Å². The van der Waals surface area contributed by atoms with E-state index in [9.17, 15) is 9.59 Å². The third kappa shape index (κ3) is 5.61. The third-order valence-electron chi connectivity index (χ3n) is 5.78. The van der Waals surface area contributed by atoms with Crippen LogP contribution in [0.2, 0.25) is 10.0 Å². The van der Waals surface area contributed by atoms with Gasteiger partial charge in [0.2, 0.25) is 0 Å². The third-order valence-corrected chi connectivity index (χ3v) is 6.26. The smallest absolute Gasteiger partial charge is 0.338 e. The predicted molar refractivity (Wildman–Crippen MR) is 130 cm³/mol. The highest BCUT2D eigenvalue weighted by atomic mass is 35.5. The number of esters is 1. The Labute approximate surface area is 203 Å². The first-order valence-corrected chi connectivity index (χ1v) is 11.7. The van der Waals surface area contributed by atoms with Crippen molar-refractivity contribution < 1.29 is 14.3 Å². The van der Waals surface area contributed by atoms with Crippen molar-refractivity contribution in [3.8, 4) is 0 Å². The van der Waals surface area contributed by atoms with Crippen LogP contribution in [-0.2, 0) is 9.53 Å². The highest BCUT2D eigenvalue weighted by Crippen LogP contribution is 2.30. The van der Waals surface area contributed by atoms with Crippen LogP contribution in [0.4, 0.5) is 10.5 Å². The SMILES string of the molecule is CCOC(=O)C1=C(CN2CCN(c3ccc(Cl)cc3)CC2)NC(=O)N[C@@H]1c1cccc(Cl)c1. The number of benzene rings is 2. The van der Waals surface area contributed by atoms with Gasteiger partial charge in [0.05, 0.1) is 18.2 Å². The molecule has 2 N–H and O–H groups in total. The lowest BCUT2D eigenvalue weighted by atomic mass is 9.95. The number of piperazine rings is 1. The molecule has 1 atom stereocenters. The zero-order valence-corrected chi connectivity index (χ0v) is 19.8. The Kier molecular flexibility index (Phi) is 7.42. The normalized spacial score (nSPS) is 19.2. The van der Waals surface area contributed by atoms with Gasteiger partial charge in [0.25, 0.3) is 0 Å². The van der Waals surface area contributed by atoms with Crippen LogP contribution in [0.25, 0.3) is 0 Å². The molecule has 1 saturated heterocycles. The van der Waals surface area contributed by atoms with Crippen molar-refractivity contribution in [3.63, 3.8) is 0 Å². The van der Waals surface area contributed by atoms with Gasteiger partial charge in [-0.05, 0) is 48.9 Å². The fraction of sp³-hybridized carbons (Fsp3) is 0.333. The molecule has 0 aliphatic carbocycles. The van der Waals surface area contributed by atoms with Crippen LogP contribution in [0.5, 0.6) is 0 Å². The molecule has 0 radical (unpaired) electrons. The number of anilines is 1. The maximum absolute atomic E-state index is 12.9. The molecule has 2 aliphatic heterocycles. The molecule has 7 nitrogen and oxygen atoms in total. The molecule has 174 valence electrons. The van der Waals surface area contributed by atoms with Crippen molar-refractivity contribution in [1.29, 1.82) is 0 Å². The number of urea groups is 1. The Balaban J connectivity index is 1.55. The summed E-state index contributed by atoms with van der Waals surface area (Å²) in [5.41, 5.74) is 2.81. The van der Waals surface area contributed by atoms with Gasteiger partial charge < -0.3 is 20.3 Å². The highest BCUT2D eigenvalue weighted by Gasteiger charge is 2.34. The zero-order chi connectivity index (χ0) is 23.4. The molecule has 2 aromatic rings. The number of nitrogens with zero attached hydrogens (tertiary/aromatic N) is 2. The molecule has 2 aromatic carbocycles. The Hall–Kier alpha value is -2.74. The van der Waals surface area contributed by atoms with E-state index in [4.69, 9.17) is 27.9 Å². The summed E-state index contributed by atoms with van der Waals surface area (Å²) in [6, 6.07) is 13.9. The first-order valence-electron chi connectivity index (χ1n) is 10.9. The predicted octanol–water partition coefficient (Wildman–Crippen LogP) is 3.99. The molecule has 0 bridgehead atoms. The molecule has 2 aliphatic rings. The second-order valence-corrected chi connectivity index (χ2v) is 8.81. The van der Waals surface area contributed by atoms with Gasteiger partial charge in [-0.3, -0.25) is 4.90 Å². The summed E-state index contributed by atoms with van der Waals surface area (Å²) < 4.78 is 5.34. The zero-order valence-electron chi connectivity index (χ0n) is 18.3. The summed E-state index contributed by atoms with van der Waals surface area (Å²) in [6.45, 7) is 5.66. The quantitative estimate of drug-likeness (QED) is 0.601. The van der Waals surface area contributed by atoms with Gasteiger partial charge in [-0.2, -0.15) is 0 Å². The molecule has 9 heteroatoms. The second kappa shape index (κ2) is 10.5. The Bertz CT molecular complexity index is 1050. The molecule has 0 spiro atoms. The van der Waals surface area contributed by atoms with Crippen molar-refractivity contribution in [2.24, 2.45) is 0 Å². The fourth-order valence-electron chi connectivity index (χ4n) is 4.17. The lowest BCUT2D eigenvalue weighted by Gasteiger charge is -2.38. The van der Waals surface area contributed by atoms with E-state index in [1.165, 1.54) is 0 Å². The number of halogens is 2. The topological polar surface area (TPSA) is 73.9 Å². The summed E-state index contributed by atoms with van der Waals surface area (Å²) in [7, 11) is 0. The van der Waals surface area contributed by atoms with Gasteiger partial charge in [-0.1, -0.05) is 35.3 Å². The number of carbonyl (C=O) groups is 2. The highest BCUT2D eigenvalue weighted by molar-refractivity contribution is 6.30. The lowest BCUT2D eigenvalue weighted by Crippen LogP contribution is -2.51.